The molecule has 26 heavy (non-hydrogen) atoms. The lowest BCUT2D eigenvalue weighted by atomic mass is 10.0. The van der Waals surface area contributed by atoms with Crippen molar-refractivity contribution in [2.45, 2.75) is 52.5 Å². The van der Waals surface area contributed by atoms with Crippen molar-refractivity contribution in [1.82, 2.24) is 19.8 Å². The molecule has 6 heteroatoms. The molecule has 0 aromatic carbocycles. The second-order valence-corrected chi connectivity index (χ2v) is 8.19. The van der Waals surface area contributed by atoms with Crippen LogP contribution in [-0.2, 0) is 4.79 Å². The van der Waals surface area contributed by atoms with E-state index in [-0.39, 0.29) is 5.92 Å². The molecule has 0 N–H and O–H groups in total. The van der Waals surface area contributed by atoms with E-state index in [1.165, 1.54) is 0 Å². The molecule has 0 saturated carbocycles. The topological polar surface area (TPSA) is 52.6 Å². The largest absolute Gasteiger partial charge is 0.366 e. The van der Waals surface area contributed by atoms with E-state index < -0.39 is 0 Å². The quantitative estimate of drug-likeness (QED) is 0.826. The molecule has 144 valence electrons. The Morgan fingerprint density at radius 3 is 2.04 bits per heavy atom. The summed E-state index contributed by atoms with van der Waals surface area (Å²) in [5, 5.41) is 0. The summed E-state index contributed by atoms with van der Waals surface area (Å²) in [6, 6.07) is 0.618. The van der Waals surface area contributed by atoms with Crippen LogP contribution in [0.15, 0.2) is 12.4 Å². The first-order valence-corrected chi connectivity index (χ1v) is 10.1. The van der Waals surface area contributed by atoms with Crippen molar-refractivity contribution >= 4 is 11.6 Å². The first-order valence-electron chi connectivity index (χ1n) is 10.1. The zero-order valence-electron chi connectivity index (χ0n) is 16.7. The number of piperidine rings is 1. The van der Waals surface area contributed by atoms with Gasteiger partial charge in [0.15, 0.2) is 0 Å². The van der Waals surface area contributed by atoms with E-state index in [1.54, 1.807) is 0 Å². The van der Waals surface area contributed by atoms with Crippen LogP contribution >= 0.6 is 0 Å². The number of hydrogen-bond acceptors (Lipinski definition) is 5. The van der Waals surface area contributed by atoms with Gasteiger partial charge in [-0.15, -0.1) is 0 Å². The molecule has 2 fully saturated rings. The van der Waals surface area contributed by atoms with Gasteiger partial charge in [0.2, 0.25) is 5.91 Å². The van der Waals surface area contributed by atoms with Gasteiger partial charge in [-0.1, -0.05) is 27.7 Å². The number of rotatable bonds is 4. The van der Waals surface area contributed by atoms with Gasteiger partial charge < -0.3 is 9.80 Å². The molecule has 3 heterocycles. The zero-order valence-corrected chi connectivity index (χ0v) is 16.7. The molecule has 0 atom stereocenters. The summed E-state index contributed by atoms with van der Waals surface area (Å²) in [5.41, 5.74) is 1.13. The average molecular weight is 360 g/mol. The minimum atomic E-state index is 0.111. The molecule has 2 aliphatic heterocycles. The zero-order chi connectivity index (χ0) is 18.7. The Morgan fingerprint density at radius 2 is 1.54 bits per heavy atom. The smallest absolute Gasteiger partial charge is 0.225 e. The van der Waals surface area contributed by atoms with Gasteiger partial charge in [0, 0.05) is 57.1 Å². The molecule has 1 amide bonds. The van der Waals surface area contributed by atoms with E-state index >= 15 is 0 Å². The number of anilines is 1. The fourth-order valence-corrected chi connectivity index (χ4v) is 3.95. The highest BCUT2D eigenvalue weighted by atomic mass is 16.2. The molecule has 1 aromatic heterocycles. The third-order valence-electron chi connectivity index (χ3n) is 5.64. The lowest BCUT2D eigenvalue weighted by Crippen LogP contribution is -2.54. The predicted octanol–water partition coefficient (Wildman–Crippen LogP) is 2.37. The Bertz CT molecular complexity index is 585. The standard InChI is InChI=1S/C20H33N5O/c1-15(2)19-21-13-18(14-22-19)24-11-9-23(10-12-24)17-5-7-25(8-6-17)20(26)16(3)4/h13-17H,5-12H2,1-4H3. The summed E-state index contributed by atoms with van der Waals surface area (Å²) in [5.74, 6) is 1.70. The number of aromatic nitrogens is 2. The molecule has 0 spiro atoms. The Hall–Kier alpha value is -1.69. The van der Waals surface area contributed by atoms with E-state index in [0.29, 0.717) is 17.9 Å². The second kappa shape index (κ2) is 8.33. The van der Waals surface area contributed by atoms with Gasteiger partial charge in [-0.25, -0.2) is 9.97 Å². The molecule has 3 rings (SSSR count). The van der Waals surface area contributed by atoms with E-state index in [4.69, 9.17) is 0 Å². The van der Waals surface area contributed by atoms with Crippen molar-refractivity contribution in [3.05, 3.63) is 18.2 Å². The summed E-state index contributed by atoms with van der Waals surface area (Å²) in [4.78, 5) is 28.2. The van der Waals surface area contributed by atoms with E-state index in [1.807, 2.05) is 31.1 Å². The number of carbonyl (C=O) groups is 1. The number of amides is 1. The lowest BCUT2D eigenvalue weighted by Gasteiger charge is -2.43. The summed E-state index contributed by atoms with van der Waals surface area (Å²) in [6.45, 7) is 14.2. The van der Waals surface area contributed by atoms with Crippen molar-refractivity contribution in [3.8, 4) is 0 Å². The molecule has 0 radical (unpaired) electrons. The summed E-state index contributed by atoms with van der Waals surface area (Å²) in [7, 11) is 0. The Morgan fingerprint density at radius 1 is 0.962 bits per heavy atom. The highest BCUT2D eigenvalue weighted by Crippen LogP contribution is 2.22. The minimum Gasteiger partial charge on any atom is -0.366 e. The summed E-state index contributed by atoms with van der Waals surface area (Å²) in [6.07, 6.45) is 6.14. The van der Waals surface area contributed by atoms with Gasteiger partial charge in [-0.2, -0.15) is 0 Å². The normalized spacial score (nSPS) is 20.2. The fraction of sp³-hybridized carbons (Fsp3) is 0.750. The van der Waals surface area contributed by atoms with Crippen LogP contribution in [0.5, 0.6) is 0 Å². The molecule has 2 saturated heterocycles. The molecule has 0 unspecified atom stereocenters. The molecular formula is C20H33N5O. The van der Waals surface area contributed by atoms with Crippen molar-refractivity contribution in [3.63, 3.8) is 0 Å². The third kappa shape index (κ3) is 4.34. The highest BCUT2D eigenvalue weighted by Gasteiger charge is 2.29. The monoisotopic (exact) mass is 359 g/mol. The minimum absolute atomic E-state index is 0.111. The lowest BCUT2D eigenvalue weighted by molar-refractivity contribution is -0.136. The third-order valence-corrected chi connectivity index (χ3v) is 5.64. The summed E-state index contributed by atoms with van der Waals surface area (Å²) < 4.78 is 0. The second-order valence-electron chi connectivity index (χ2n) is 8.19. The maximum Gasteiger partial charge on any atom is 0.225 e. The van der Waals surface area contributed by atoms with Gasteiger partial charge >= 0.3 is 0 Å². The van der Waals surface area contributed by atoms with Crippen LogP contribution < -0.4 is 4.90 Å². The number of hydrogen-bond donors (Lipinski definition) is 0. The van der Waals surface area contributed by atoms with E-state index in [9.17, 15) is 4.79 Å². The number of carbonyl (C=O) groups excluding carboxylic acids is 1. The SMILES string of the molecule is CC(C)C(=O)N1CCC(N2CCN(c3cnc(C(C)C)nc3)CC2)CC1. The number of piperazine rings is 1. The van der Waals surface area contributed by atoms with Gasteiger partial charge in [0.1, 0.15) is 5.82 Å². The summed E-state index contributed by atoms with van der Waals surface area (Å²) >= 11 is 0. The predicted molar refractivity (Wildman–Crippen MR) is 104 cm³/mol. The number of likely N-dealkylation sites (tertiary alicyclic amines) is 1. The van der Waals surface area contributed by atoms with Gasteiger partial charge in [-0.3, -0.25) is 9.69 Å². The van der Waals surface area contributed by atoms with Crippen molar-refractivity contribution < 1.29 is 4.79 Å². The first kappa shape index (κ1) is 19.1. The van der Waals surface area contributed by atoms with Crippen LogP contribution in [0.25, 0.3) is 0 Å². The first-order chi connectivity index (χ1) is 12.5. The molecule has 0 aliphatic carbocycles. The fourth-order valence-electron chi connectivity index (χ4n) is 3.95. The number of nitrogens with zero attached hydrogens (tertiary/aromatic N) is 5. The highest BCUT2D eigenvalue weighted by molar-refractivity contribution is 5.78. The van der Waals surface area contributed by atoms with Gasteiger partial charge in [0.25, 0.3) is 0 Å². The van der Waals surface area contributed by atoms with Crippen LogP contribution in [0.2, 0.25) is 0 Å². The van der Waals surface area contributed by atoms with Crippen molar-refractivity contribution in [2.75, 3.05) is 44.2 Å². The van der Waals surface area contributed by atoms with Crippen LogP contribution in [0, 0.1) is 5.92 Å². The van der Waals surface area contributed by atoms with Crippen LogP contribution in [0.3, 0.4) is 0 Å². The van der Waals surface area contributed by atoms with E-state index in [2.05, 4.69) is 33.6 Å². The molecule has 6 nitrogen and oxygen atoms in total. The maximum atomic E-state index is 12.1. The van der Waals surface area contributed by atoms with E-state index in [0.717, 1.165) is 63.6 Å². The maximum absolute atomic E-state index is 12.1. The van der Waals surface area contributed by atoms with Crippen LogP contribution in [0.4, 0.5) is 5.69 Å². The van der Waals surface area contributed by atoms with Crippen molar-refractivity contribution in [1.29, 1.82) is 0 Å². The molecule has 2 aliphatic rings. The molecular weight excluding hydrogens is 326 g/mol. The Kier molecular flexibility index (Phi) is 6.12. The van der Waals surface area contributed by atoms with Gasteiger partial charge in [-0.05, 0) is 12.8 Å². The molecule has 1 aromatic rings. The van der Waals surface area contributed by atoms with Gasteiger partial charge in [0.05, 0.1) is 18.1 Å². The average Bonchev–Trinajstić information content (AvgIpc) is 2.67. The Labute approximate surface area is 157 Å². The van der Waals surface area contributed by atoms with Crippen molar-refractivity contribution in [2.24, 2.45) is 5.92 Å². The van der Waals surface area contributed by atoms with Crippen LogP contribution in [-0.4, -0.2) is 71.0 Å². The molecule has 0 bridgehead atoms. The van der Waals surface area contributed by atoms with Crippen LogP contribution in [0.1, 0.15) is 52.3 Å². The Balaban J connectivity index is 1.48.